The molecular weight excluding hydrogens is 260 g/mol. The van der Waals surface area contributed by atoms with Gasteiger partial charge in [-0.05, 0) is 39.9 Å². The Morgan fingerprint density at radius 1 is 1.30 bits per heavy atom. The summed E-state index contributed by atoms with van der Waals surface area (Å²) in [6.07, 6.45) is 1.80. The highest BCUT2D eigenvalue weighted by molar-refractivity contribution is 6.06. The molecule has 1 heterocycles. The van der Waals surface area contributed by atoms with Crippen LogP contribution in [0.1, 0.15) is 19.3 Å². The summed E-state index contributed by atoms with van der Waals surface area (Å²) in [5.41, 5.74) is 4.87. The van der Waals surface area contributed by atoms with Crippen LogP contribution in [0.2, 0.25) is 0 Å². The molecule has 0 aromatic rings. The molecule has 0 bridgehead atoms. The third kappa shape index (κ3) is 3.83. The molecule has 1 amide bonds. The summed E-state index contributed by atoms with van der Waals surface area (Å²) < 4.78 is 5.29. The zero-order valence-electron chi connectivity index (χ0n) is 12.6. The number of hydrogen-bond donors (Lipinski definition) is 2. The second-order valence-corrected chi connectivity index (χ2v) is 5.56. The number of amides is 1. The predicted octanol–water partition coefficient (Wildman–Crippen LogP) is -0.0603. The molecule has 0 aromatic heterocycles. The molecule has 0 aromatic carbocycles. The van der Waals surface area contributed by atoms with E-state index in [4.69, 9.17) is 15.7 Å². The summed E-state index contributed by atoms with van der Waals surface area (Å²) in [5.74, 6) is -0.0971. The van der Waals surface area contributed by atoms with Crippen molar-refractivity contribution in [1.82, 2.24) is 9.80 Å². The van der Waals surface area contributed by atoms with Crippen molar-refractivity contribution in [3.8, 4) is 0 Å². The second kappa shape index (κ2) is 7.44. The fourth-order valence-corrected chi connectivity index (χ4v) is 2.49. The molecule has 0 spiro atoms. The smallest absolute Gasteiger partial charge is 0.236 e. The molecule has 1 aliphatic heterocycles. The van der Waals surface area contributed by atoms with E-state index in [2.05, 4.69) is 10.1 Å². The fraction of sp³-hybridized carbons (Fsp3) is 0.846. The quantitative estimate of drug-likeness (QED) is 0.309. The van der Waals surface area contributed by atoms with Crippen LogP contribution in [0.3, 0.4) is 0 Å². The molecule has 3 N–H and O–H groups in total. The van der Waals surface area contributed by atoms with Gasteiger partial charge in [0.25, 0.3) is 0 Å². The van der Waals surface area contributed by atoms with Gasteiger partial charge in [-0.15, -0.1) is 0 Å². The zero-order chi connectivity index (χ0) is 15.2. The van der Waals surface area contributed by atoms with Crippen LogP contribution in [-0.4, -0.2) is 74.2 Å². The average Bonchev–Trinajstić information content (AvgIpc) is 2.45. The van der Waals surface area contributed by atoms with Crippen molar-refractivity contribution in [3.63, 3.8) is 0 Å². The minimum absolute atomic E-state index is 0.00902. The first-order valence-electron chi connectivity index (χ1n) is 6.90. The number of amidine groups is 1. The first-order chi connectivity index (χ1) is 9.44. The Morgan fingerprint density at radius 2 is 1.90 bits per heavy atom. The lowest BCUT2D eigenvalue weighted by molar-refractivity contribution is -0.141. The van der Waals surface area contributed by atoms with Crippen molar-refractivity contribution < 1.29 is 14.7 Å². The van der Waals surface area contributed by atoms with Crippen LogP contribution in [0.15, 0.2) is 5.16 Å². The van der Waals surface area contributed by atoms with Gasteiger partial charge in [-0.3, -0.25) is 4.79 Å². The van der Waals surface area contributed by atoms with Crippen molar-refractivity contribution in [1.29, 1.82) is 0 Å². The lowest BCUT2D eigenvalue weighted by Crippen LogP contribution is -2.53. The van der Waals surface area contributed by atoms with Gasteiger partial charge in [-0.25, -0.2) is 0 Å². The Balaban J connectivity index is 2.73. The monoisotopic (exact) mass is 286 g/mol. The molecule has 1 aliphatic rings. The number of ether oxygens (including phenoxy) is 1. The molecule has 7 heteroatoms. The average molecular weight is 286 g/mol. The Morgan fingerprint density at radius 3 is 2.40 bits per heavy atom. The number of nitrogens with zero attached hydrogens (tertiary/aromatic N) is 3. The molecule has 0 aliphatic carbocycles. The van der Waals surface area contributed by atoms with E-state index < -0.39 is 5.41 Å². The molecule has 1 saturated heterocycles. The summed E-state index contributed by atoms with van der Waals surface area (Å²) in [6.45, 7) is 2.47. The molecule has 0 radical (unpaired) electrons. The summed E-state index contributed by atoms with van der Waals surface area (Å²) in [5, 5.41) is 12.1. The summed E-state index contributed by atoms with van der Waals surface area (Å²) in [4.78, 5) is 16.4. The van der Waals surface area contributed by atoms with Gasteiger partial charge in [-0.1, -0.05) is 5.16 Å². The van der Waals surface area contributed by atoms with E-state index in [9.17, 15) is 4.79 Å². The van der Waals surface area contributed by atoms with E-state index in [0.29, 0.717) is 32.6 Å². The van der Waals surface area contributed by atoms with E-state index in [1.54, 1.807) is 11.9 Å². The van der Waals surface area contributed by atoms with Crippen LogP contribution in [0.5, 0.6) is 0 Å². The third-order valence-corrected chi connectivity index (χ3v) is 3.80. The van der Waals surface area contributed by atoms with Crippen LogP contribution < -0.4 is 5.73 Å². The summed E-state index contributed by atoms with van der Waals surface area (Å²) in [6, 6.07) is 0. The molecule has 116 valence electrons. The Hall–Kier alpha value is -1.34. The molecule has 1 rings (SSSR count). The first-order valence-corrected chi connectivity index (χ1v) is 6.90. The highest BCUT2D eigenvalue weighted by Gasteiger charge is 2.45. The van der Waals surface area contributed by atoms with E-state index in [-0.39, 0.29) is 11.7 Å². The van der Waals surface area contributed by atoms with Gasteiger partial charge in [0.2, 0.25) is 5.91 Å². The normalized spacial score (nSPS) is 19.1. The highest BCUT2D eigenvalue weighted by atomic mass is 16.5. The number of nitrogens with two attached hydrogens (primary N) is 1. The van der Waals surface area contributed by atoms with Crippen molar-refractivity contribution >= 4 is 11.7 Å². The van der Waals surface area contributed by atoms with Crippen LogP contribution in [-0.2, 0) is 9.53 Å². The number of rotatable bonds is 6. The predicted molar refractivity (Wildman–Crippen MR) is 76.7 cm³/mol. The van der Waals surface area contributed by atoms with E-state index in [0.717, 1.165) is 13.0 Å². The largest absolute Gasteiger partial charge is 0.409 e. The van der Waals surface area contributed by atoms with Crippen molar-refractivity contribution in [2.24, 2.45) is 16.3 Å². The van der Waals surface area contributed by atoms with E-state index >= 15 is 0 Å². The maximum Gasteiger partial charge on any atom is 0.236 e. The third-order valence-electron chi connectivity index (χ3n) is 3.80. The van der Waals surface area contributed by atoms with Crippen molar-refractivity contribution in [2.75, 3.05) is 47.4 Å². The van der Waals surface area contributed by atoms with Gasteiger partial charge in [-0.2, -0.15) is 0 Å². The van der Waals surface area contributed by atoms with E-state index in [1.807, 2.05) is 14.1 Å². The maximum atomic E-state index is 12.7. The first kappa shape index (κ1) is 16.7. The van der Waals surface area contributed by atoms with Crippen LogP contribution in [0.25, 0.3) is 0 Å². The number of oxime groups is 1. The number of carbonyl (C=O) groups excluding carboxylic acids is 1. The minimum Gasteiger partial charge on any atom is -0.409 e. The Labute approximate surface area is 120 Å². The SMILES string of the molecule is CN(C)CCCN(C)C(=O)C1(C(N)=NO)CCOCC1. The summed E-state index contributed by atoms with van der Waals surface area (Å²) >= 11 is 0. The zero-order valence-corrected chi connectivity index (χ0v) is 12.6. The van der Waals surface area contributed by atoms with Crippen LogP contribution in [0.4, 0.5) is 0 Å². The molecule has 1 fully saturated rings. The standard InChI is InChI=1S/C13H26N4O3/c1-16(2)7-4-8-17(3)12(18)13(11(14)15-19)5-9-20-10-6-13/h19H,4-10H2,1-3H3,(H2,14,15). The van der Waals surface area contributed by atoms with Crippen LogP contribution in [0, 0.1) is 5.41 Å². The molecule has 0 saturated carbocycles. The van der Waals surface area contributed by atoms with Crippen molar-refractivity contribution in [2.45, 2.75) is 19.3 Å². The highest BCUT2D eigenvalue weighted by Crippen LogP contribution is 2.32. The van der Waals surface area contributed by atoms with Gasteiger partial charge >= 0.3 is 0 Å². The van der Waals surface area contributed by atoms with Gasteiger partial charge in [0.15, 0.2) is 5.84 Å². The van der Waals surface area contributed by atoms with E-state index in [1.165, 1.54) is 0 Å². The lowest BCUT2D eigenvalue weighted by Gasteiger charge is -2.37. The number of hydrogen-bond acceptors (Lipinski definition) is 5. The summed E-state index contributed by atoms with van der Waals surface area (Å²) in [7, 11) is 5.76. The maximum absolute atomic E-state index is 12.7. The minimum atomic E-state index is -0.917. The second-order valence-electron chi connectivity index (χ2n) is 5.56. The van der Waals surface area contributed by atoms with Gasteiger partial charge in [0, 0.05) is 26.8 Å². The molecular formula is C13H26N4O3. The molecule has 0 atom stereocenters. The van der Waals surface area contributed by atoms with Crippen molar-refractivity contribution in [3.05, 3.63) is 0 Å². The van der Waals surface area contributed by atoms with Gasteiger partial charge < -0.3 is 25.5 Å². The van der Waals surface area contributed by atoms with Crippen LogP contribution >= 0.6 is 0 Å². The molecule has 7 nitrogen and oxygen atoms in total. The molecule has 20 heavy (non-hydrogen) atoms. The van der Waals surface area contributed by atoms with Gasteiger partial charge in [0.1, 0.15) is 5.41 Å². The lowest BCUT2D eigenvalue weighted by atomic mass is 9.77. The fourth-order valence-electron chi connectivity index (χ4n) is 2.49. The molecule has 0 unspecified atom stereocenters. The Kier molecular flexibility index (Phi) is 6.22. The van der Waals surface area contributed by atoms with Gasteiger partial charge in [0.05, 0.1) is 0 Å². The Bertz CT molecular complexity index is 352. The topological polar surface area (TPSA) is 91.4 Å². The number of carbonyl (C=O) groups is 1.